The van der Waals surface area contributed by atoms with Crippen LogP contribution in [0.2, 0.25) is 0 Å². The van der Waals surface area contributed by atoms with Gasteiger partial charge in [-0.2, -0.15) is 0 Å². The van der Waals surface area contributed by atoms with E-state index in [0.29, 0.717) is 0 Å². The fourth-order valence-electron chi connectivity index (χ4n) is 1.90. The van der Waals surface area contributed by atoms with Gasteiger partial charge in [0.2, 0.25) is 0 Å². The molecule has 0 rings (SSSR count). The fraction of sp³-hybridized carbons (Fsp3) is 0.800. The highest BCUT2D eigenvalue weighted by molar-refractivity contribution is 14.0. The van der Waals surface area contributed by atoms with Crippen LogP contribution in [0.3, 0.4) is 0 Å². The van der Waals surface area contributed by atoms with Gasteiger partial charge in [0.1, 0.15) is 0 Å². The molecule has 0 fully saturated rings. The molecule has 0 aromatic carbocycles. The zero-order chi connectivity index (χ0) is 14.5. The van der Waals surface area contributed by atoms with Crippen LogP contribution in [-0.2, 0) is 0 Å². The van der Waals surface area contributed by atoms with Crippen LogP contribution in [0.1, 0.15) is 32.1 Å². The van der Waals surface area contributed by atoms with E-state index in [2.05, 4.69) is 47.8 Å². The molecule has 120 valence electrons. The summed E-state index contributed by atoms with van der Waals surface area (Å²) in [6.45, 7) is 6.89. The number of halogens is 1. The van der Waals surface area contributed by atoms with Crippen molar-refractivity contribution in [2.75, 3.05) is 47.8 Å². The van der Waals surface area contributed by atoms with Gasteiger partial charge < -0.3 is 15.1 Å². The molecule has 1 N–H and O–H groups in total. The predicted molar refractivity (Wildman–Crippen MR) is 101 cm³/mol. The van der Waals surface area contributed by atoms with Gasteiger partial charge in [-0.1, -0.05) is 12.5 Å². The molecule has 0 aliphatic rings. The highest BCUT2D eigenvalue weighted by Crippen LogP contribution is 2.01. The zero-order valence-electron chi connectivity index (χ0n) is 13.7. The van der Waals surface area contributed by atoms with Gasteiger partial charge in [0.05, 0.1) is 0 Å². The number of hydrogen-bond acceptors (Lipinski definition) is 2. The van der Waals surface area contributed by atoms with Crippen LogP contribution >= 0.6 is 24.0 Å². The standard InChI is InChI=1S/C15H32N4.HI/c1-6-7-8-9-10-14-19(5)15(16-2)17-12-11-13-18(3)4;/h6H,1,7-14H2,2-5H3,(H,16,17);1H. The Morgan fingerprint density at radius 3 is 2.35 bits per heavy atom. The number of guanidine groups is 1. The molecule has 0 spiro atoms. The highest BCUT2D eigenvalue weighted by atomic mass is 127. The molecule has 0 amide bonds. The summed E-state index contributed by atoms with van der Waals surface area (Å²) in [5.41, 5.74) is 0. The van der Waals surface area contributed by atoms with Crippen LogP contribution in [0.25, 0.3) is 0 Å². The number of hydrogen-bond donors (Lipinski definition) is 1. The maximum Gasteiger partial charge on any atom is 0.193 e. The molecular weight excluding hydrogens is 363 g/mol. The Kier molecular flexibility index (Phi) is 16.6. The first-order valence-electron chi connectivity index (χ1n) is 7.29. The molecule has 0 aromatic heterocycles. The number of rotatable bonds is 10. The summed E-state index contributed by atoms with van der Waals surface area (Å²) in [4.78, 5) is 8.74. The van der Waals surface area contributed by atoms with Crippen molar-refractivity contribution in [3.63, 3.8) is 0 Å². The number of aliphatic imine (C=N–C) groups is 1. The monoisotopic (exact) mass is 396 g/mol. The van der Waals surface area contributed by atoms with Gasteiger partial charge in [0.25, 0.3) is 0 Å². The molecule has 0 unspecified atom stereocenters. The smallest absolute Gasteiger partial charge is 0.193 e. The van der Waals surface area contributed by atoms with E-state index in [1.165, 1.54) is 19.3 Å². The molecule has 0 aromatic rings. The summed E-state index contributed by atoms with van der Waals surface area (Å²) in [6.07, 6.45) is 7.97. The Labute approximate surface area is 142 Å². The normalized spacial score (nSPS) is 11.2. The van der Waals surface area contributed by atoms with Crippen molar-refractivity contribution in [3.05, 3.63) is 12.7 Å². The van der Waals surface area contributed by atoms with Crippen molar-refractivity contribution in [1.29, 1.82) is 0 Å². The van der Waals surface area contributed by atoms with Crippen molar-refractivity contribution in [2.24, 2.45) is 4.99 Å². The summed E-state index contributed by atoms with van der Waals surface area (Å²) in [5.74, 6) is 1.00. The first-order valence-corrected chi connectivity index (χ1v) is 7.29. The zero-order valence-corrected chi connectivity index (χ0v) is 16.0. The van der Waals surface area contributed by atoms with Crippen LogP contribution in [0.15, 0.2) is 17.6 Å². The Morgan fingerprint density at radius 2 is 1.80 bits per heavy atom. The number of nitrogens with one attached hydrogen (secondary N) is 1. The lowest BCUT2D eigenvalue weighted by atomic mass is 10.2. The van der Waals surface area contributed by atoms with Crippen molar-refractivity contribution in [1.82, 2.24) is 15.1 Å². The van der Waals surface area contributed by atoms with E-state index >= 15 is 0 Å². The van der Waals surface area contributed by atoms with Gasteiger partial charge in [-0.25, -0.2) is 0 Å². The quantitative estimate of drug-likeness (QED) is 0.203. The maximum absolute atomic E-state index is 4.32. The third-order valence-corrected chi connectivity index (χ3v) is 3.04. The topological polar surface area (TPSA) is 30.9 Å². The molecule has 0 radical (unpaired) electrons. The summed E-state index contributed by atoms with van der Waals surface area (Å²) < 4.78 is 0. The highest BCUT2D eigenvalue weighted by Gasteiger charge is 2.04. The molecule has 0 aliphatic heterocycles. The van der Waals surface area contributed by atoms with Gasteiger partial charge in [-0.15, -0.1) is 30.6 Å². The molecule has 0 bridgehead atoms. The Bertz CT molecular complexity index is 254. The minimum Gasteiger partial charge on any atom is -0.356 e. The van der Waals surface area contributed by atoms with Crippen LogP contribution in [0.4, 0.5) is 0 Å². The molecule has 0 heterocycles. The Morgan fingerprint density at radius 1 is 1.10 bits per heavy atom. The van der Waals surface area contributed by atoms with Crippen molar-refractivity contribution >= 4 is 29.9 Å². The second kappa shape index (κ2) is 15.1. The lowest BCUT2D eigenvalue weighted by Crippen LogP contribution is -2.40. The second-order valence-electron chi connectivity index (χ2n) is 5.19. The minimum atomic E-state index is 0. The van der Waals surface area contributed by atoms with E-state index in [1.54, 1.807) is 0 Å². The Hall–Kier alpha value is -0.300. The molecular formula is C15H33IN4. The van der Waals surface area contributed by atoms with E-state index in [0.717, 1.165) is 38.4 Å². The Balaban J connectivity index is 0. The molecule has 0 atom stereocenters. The molecule has 20 heavy (non-hydrogen) atoms. The summed E-state index contributed by atoms with van der Waals surface area (Å²) in [7, 11) is 8.16. The third-order valence-electron chi connectivity index (χ3n) is 3.04. The van der Waals surface area contributed by atoms with Crippen LogP contribution in [0.5, 0.6) is 0 Å². The third kappa shape index (κ3) is 12.7. The average Bonchev–Trinajstić information content (AvgIpc) is 2.38. The first kappa shape index (κ1) is 22.0. The van der Waals surface area contributed by atoms with E-state index in [9.17, 15) is 0 Å². The number of allylic oxidation sites excluding steroid dienone is 1. The SMILES string of the molecule is C=CCCCCCN(C)C(=NC)NCCCN(C)C.I. The average molecular weight is 396 g/mol. The molecule has 0 aliphatic carbocycles. The van der Waals surface area contributed by atoms with Crippen LogP contribution in [-0.4, -0.2) is 63.6 Å². The molecule has 5 heteroatoms. The summed E-state index contributed by atoms with van der Waals surface area (Å²) in [6, 6.07) is 0. The molecule has 0 saturated carbocycles. The lowest BCUT2D eigenvalue weighted by molar-refractivity contribution is 0.395. The van der Waals surface area contributed by atoms with E-state index < -0.39 is 0 Å². The summed E-state index contributed by atoms with van der Waals surface area (Å²) in [5, 5.41) is 3.41. The van der Waals surface area contributed by atoms with Gasteiger partial charge >= 0.3 is 0 Å². The van der Waals surface area contributed by atoms with Crippen molar-refractivity contribution in [3.8, 4) is 0 Å². The van der Waals surface area contributed by atoms with Gasteiger partial charge in [0, 0.05) is 27.2 Å². The van der Waals surface area contributed by atoms with Gasteiger partial charge in [0.15, 0.2) is 5.96 Å². The van der Waals surface area contributed by atoms with Gasteiger partial charge in [-0.3, -0.25) is 4.99 Å². The van der Waals surface area contributed by atoms with E-state index in [4.69, 9.17) is 0 Å². The molecule has 0 saturated heterocycles. The van der Waals surface area contributed by atoms with Crippen molar-refractivity contribution < 1.29 is 0 Å². The van der Waals surface area contributed by atoms with Crippen molar-refractivity contribution in [2.45, 2.75) is 32.1 Å². The van der Waals surface area contributed by atoms with Crippen LogP contribution in [0, 0.1) is 0 Å². The predicted octanol–water partition coefficient (Wildman–Crippen LogP) is 2.81. The van der Waals surface area contributed by atoms with E-state index in [-0.39, 0.29) is 24.0 Å². The fourth-order valence-corrected chi connectivity index (χ4v) is 1.90. The molecule has 4 nitrogen and oxygen atoms in total. The number of nitrogens with zero attached hydrogens (tertiary/aromatic N) is 3. The maximum atomic E-state index is 4.32. The lowest BCUT2D eigenvalue weighted by Gasteiger charge is -2.22. The summed E-state index contributed by atoms with van der Waals surface area (Å²) >= 11 is 0. The second-order valence-corrected chi connectivity index (χ2v) is 5.19. The van der Waals surface area contributed by atoms with Gasteiger partial charge in [-0.05, 0) is 46.3 Å². The largest absolute Gasteiger partial charge is 0.356 e. The first-order chi connectivity index (χ1) is 9.11. The van der Waals surface area contributed by atoms with Crippen LogP contribution < -0.4 is 5.32 Å². The van der Waals surface area contributed by atoms with E-state index in [1.807, 2.05) is 13.1 Å². The minimum absolute atomic E-state index is 0. The number of unbranched alkanes of at least 4 members (excludes halogenated alkanes) is 3.